The van der Waals surface area contributed by atoms with Crippen LogP contribution in [0.2, 0.25) is 0 Å². The van der Waals surface area contributed by atoms with Crippen molar-refractivity contribution in [3.8, 4) is 0 Å². The maximum Gasteiger partial charge on any atom is 0.0755 e. The van der Waals surface area contributed by atoms with Gasteiger partial charge in [-0.25, -0.2) is 0 Å². The molecule has 1 aliphatic heterocycles. The predicted octanol–water partition coefficient (Wildman–Crippen LogP) is 1.46. The summed E-state index contributed by atoms with van der Waals surface area (Å²) in [5.74, 6) is 0. The van der Waals surface area contributed by atoms with Gasteiger partial charge in [-0.3, -0.25) is 0 Å². The van der Waals surface area contributed by atoms with Crippen LogP contribution in [0.5, 0.6) is 0 Å². The maximum atomic E-state index is 5.50. The standard InChI is InChI=1S/C9H17NO/c10-7-3-1-5-9-6-2-4-8-11-9/h1,5,9H,2-4,6-8,10H2/b5-1-. The second-order valence-electron chi connectivity index (χ2n) is 2.91. The van der Waals surface area contributed by atoms with Gasteiger partial charge in [-0.2, -0.15) is 0 Å². The smallest absolute Gasteiger partial charge is 0.0755 e. The Hall–Kier alpha value is -0.340. The molecule has 1 rings (SSSR count). The Balaban J connectivity index is 2.13. The van der Waals surface area contributed by atoms with Gasteiger partial charge >= 0.3 is 0 Å². The van der Waals surface area contributed by atoms with Gasteiger partial charge in [0.2, 0.25) is 0 Å². The molecule has 1 aliphatic rings. The van der Waals surface area contributed by atoms with E-state index in [2.05, 4.69) is 12.2 Å². The summed E-state index contributed by atoms with van der Waals surface area (Å²) in [4.78, 5) is 0. The van der Waals surface area contributed by atoms with Crippen LogP contribution in [-0.4, -0.2) is 19.3 Å². The number of ether oxygens (including phenoxy) is 1. The molecule has 2 nitrogen and oxygen atoms in total. The molecule has 0 aromatic rings. The molecule has 0 amide bonds. The summed E-state index contributed by atoms with van der Waals surface area (Å²) in [6.45, 7) is 1.67. The predicted molar refractivity (Wildman–Crippen MR) is 46.4 cm³/mol. The Morgan fingerprint density at radius 1 is 1.45 bits per heavy atom. The minimum Gasteiger partial charge on any atom is -0.374 e. The van der Waals surface area contributed by atoms with Gasteiger partial charge in [0.15, 0.2) is 0 Å². The first-order chi connectivity index (χ1) is 5.43. The van der Waals surface area contributed by atoms with E-state index in [1.807, 2.05) is 0 Å². The Morgan fingerprint density at radius 2 is 2.36 bits per heavy atom. The topological polar surface area (TPSA) is 35.2 Å². The molecule has 2 N–H and O–H groups in total. The highest BCUT2D eigenvalue weighted by atomic mass is 16.5. The number of nitrogens with two attached hydrogens (primary N) is 1. The Kier molecular flexibility index (Phi) is 4.24. The lowest BCUT2D eigenvalue weighted by atomic mass is 10.1. The van der Waals surface area contributed by atoms with Crippen LogP contribution in [0.15, 0.2) is 12.2 Å². The van der Waals surface area contributed by atoms with Gasteiger partial charge in [0.1, 0.15) is 0 Å². The van der Waals surface area contributed by atoms with Crippen LogP contribution in [0.3, 0.4) is 0 Å². The fraction of sp³-hybridized carbons (Fsp3) is 0.778. The van der Waals surface area contributed by atoms with Crippen molar-refractivity contribution in [3.05, 3.63) is 12.2 Å². The summed E-state index contributed by atoms with van der Waals surface area (Å²) < 4.78 is 5.50. The number of rotatable bonds is 3. The first kappa shape index (κ1) is 8.75. The van der Waals surface area contributed by atoms with Crippen molar-refractivity contribution in [1.29, 1.82) is 0 Å². The van der Waals surface area contributed by atoms with Crippen molar-refractivity contribution in [2.75, 3.05) is 13.2 Å². The van der Waals surface area contributed by atoms with Gasteiger partial charge in [0, 0.05) is 6.61 Å². The van der Waals surface area contributed by atoms with Gasteiger partial charge < -0.3 is 10.5 Å². The molecular formula is C9H17NO. The van der Waals surface area contributed by atoms with Gasteiger partial charge in [-0.05, 0) is 32.2 Å². The van der Waals surface area contributed by atoms with Crippen LogP contribution in [0, 0.1) is 0 Å². The Labute approximate surface area is 68.4 Å². The molecule has 64 valence electrons. The molecule has 1 saturated heterocycles. The molecule has 0 radical (unpaired) electrons. The largest absolute Gasteiger partial charge is 0.374 e. The van der Waals surface area contributed by atoms with Crippen molar-refractivity contribution in [1.82, 2.24) is 0 Å². The van der Waals surface area contributed by atoms with Crippen molar-refractivity contribution >= 4 is 0 Å². The quantitative estimate of drug-likeness (QED) is 0.626. The van der Waals surface area contributed by atoms with E-state index in [1.165, 1.54) is 19.3 Å². The van der Waals surface area contributed by atoms with Gasteiger partial charge in [0.25, 0.3) is 0 Å². The number of hydrogen-bond donors (Lipinski definition) is 1. The molecule has 11 heavy (non-hydrogen) atoms. The van der Waals surface area contributed by atoms with E-state index >= 15 is 0 Å². The summed E-state index contributed by atoms with van der Waals surface area (Å²) in [6.07, 6.45) is 9.32. The molecular weight excluding hydrogens is 138 g/mol. The molecule has 2 heteroatoms. The SMILES string of the molecule is NCC/C=C\C1CCCCO1. The third-order valence-electron chi connectivity index (χ3n) is 1.90. The second kappa shape index (κ2) is 5.33. The zero-order chi connectivity index (χ0) is 7.94. The zero-order valence-electron chi connectivity index (χ0n) is 6.96. The van der Waals surface area contributed by atoms with Crippen LogP contribution in [0.25, 0.3) is 0 Å². The second-order valence-corrected chi connectivity index (χ2v) is 2.91. The Bertz CT molecular complexity index is 117. The van der Waals surface area contributed by atoms with Crippen LogP contribution >= 0.6 is 0 Å². The van der Waals surface area contributed by atoms with Crippen molar-refractivity contribution in [3.63, 3.8) is 0 Å². The fourth-order valence-corrected chi connectivity index (χ4v) is 1.26. The highest BCUT2D eigenvalue weighted by Crippen LogP contribution is 2.13. The van der Waals surface area contributed by atoms with E-state index in [1.54, 1.807) is 0 Å². The first-order valence-electron chi connectivity index (χ1n) is 4.42. The lowest BCUT2D eigenvalue weighted by Crippen LogP contribution is -2.16. The highest BCUT2D eigenvalue weighted by molar-refractivity contribution is 4.90. The molecule has 0 bridgehead atoms. The molecule has 1 unspecified atom stereocenters. The lowest BCUT2D eigenvalue weighted by Gasteiger charge is -2.18. The minimum atomic E-state index is 0.371. The van der Waals surface area contributed by atoms with Crippen molar-refractivity contribution < 1.29 is 4.74 Å². The molecule has 0 aromatic heterocycles. The van der Waals surface area contributed by atoms with E-state index in [0.29, 0.717) is 6.10 Å². The normalized spacial score (nSPS) is 26.1. The van der Waals surface area contributed by atoms with Gasteiger partial charge in [-0.15, -0.1) is 0 Å². The van der Waals surface area contributed by atoms with Crippen LogP contribution in [0.1, 0.15) is 25.7 Å². The average Bonchev–Trinajstić information content (AvgIpc) is 2.07. The number of hydrogen-bond acceptors (Lipinski definition) is 2. The molecule has 1 fully saturated rings. The van der Waals surface area contributed by atoms with E-state index < -0.39 is 0 Å². The van der Waals surface area contributed by atoms with Crippen LogP contribution in [0.4, 0.5) is 0 Å². The van der Waals surface area contributed by atoms with E-state index in [4.69, 9.17) is 10.5 Å². The van der Waals surface area contributed by atoms with Gasteiger partial charge in [0.05, 0.1) is 6.10 Å². The van der Waals surface area contributed by atoms with E-state index in [-0.39, 0.29) is 0 Å². The zero-order valence-corrected chi connectivity index (χ0v) is 6.96. The minimum absolute atomic E-state index is 0.371. The monoisotopic (exact) mass is 155 g/mol. The molecule has 1 atom stereocenters. The molecule has 0 aromatic carbocycles. The van der Waals surface area contributed by atoms with Crippen molar-refractivity contribution in [2.45, 2.75) is 31.8 Å². The highest BCUT2D eigenvalue weighted by Gasteiger charge is 2.08. The lowest BCUT2D eigenvalue weighted by molar-refractivity contribution is 0.0465. The van der Waals surface area contributed by atoms with Gasteiger partial charge in [-0.1, -0.05) is 12.2 Å². The molecule has 0 saturated carbocycles. The summed E-state index contributed by atoms with van der Waals surface area (Å²) in [6, 6.07) is 0. The third-order valence-corrected chi connectivity index (χ3v) is 1.90. The third kappa shape index (κ3) is 3.54. The van der Waals surface area contributed by atoms with E-state index in [9.17, 15) is 0 Å². The molecule has 0 spiro atoms. The first-order valence-corrected chi connectivity index (χ1v) is 4.42. The molecule has 0 aliphatic carbocycles. The van der Waals surface area contributed by atoms with Crippen LogP contribution in [-0.2, 0) is 4.74 Å². The maximum absolute atomic E-state index is 5.50. The van der Waals surface area contributed by atoms with E-state index in [0.717, 1.165) is 19.6 Å². The summed E-state index contributed by atoms with van der Waals surface area (Å²) in [5, 5.41) is 0. The Morgan fingerprint density at radius 3 is 3.00 bits per heavy atom. The van der Waals surface area contributed by atoms with Crippen molar-refractivity contribution in [2.24, 2.45) is 5.73 Å². The van der Waals surface area contributed by atoms with Crippen LogP contribution < -0.4 is 5.73 Å². The molecule has 1 heterocycles. The summed E-state index contributed by atoms with van der Waals surface area (Å²) >= 11 is 0. The average molecular weight is 155 g/mol. The summed E-state index contributed by atoms with van der Waals surface area (Å²) in [7, 11) is 0. The summed E-state index contributed by atoms with van der Waals surface area (Å²) in [5.41, 5.74) is 5.35. The fourth-order valence-electron chi connectivity index (χ4n) is 1.26.